The molecule has 7 heavy (non-hydrogen) atoms. The van der Waals surface area contributed by atoms with Crippen LogP contribution in [-0.2, 0) is 0 Å². The van der Waals surface area contributed by atoms with Crippen molar-refractivity contribution in [1.82, 2.24) is 0 Å². The second kappa shape index (κ2) is 1.17. The third-order valence-corrected chi connectivity index (χ3v) is 110. The first-order valence-electron chi connectivity index (χ1n) is 2.25. The molecule has 4 rings (SSSR count). The van der Waals surface area contributed by atoms with Crippen LogP contribution in [0.15, 0.2) is 0 Å². The van der Waals surface area contributed by atoms with E-state index in [0.717, 1.165) is 0 Å². The minimum Gasteiger partial charge on any atom is 0 e. The molecule has 0 atom stereocenters. The van der Waals surface area contributed by atoms with E-state index < -0.39 is 0 Å². The zero-order valence-electron chi connectivity index (χ0n) is 3.50. The molecule has 0 N–H and O–H groups in total. The Balaban J connectivity index is 2.17. The van der Waals surface area contributed by atoms with Crippen LogP contribution in [0.4, 0.5) is 0 Å². The van der Waals surface area contributed by atoms with Gasteiger partial charge < -0.3 is 0 Å². The largest absolute Gasteiger partial charge is 0 e. The minimum atomic E-state index is 0.579. The average Bonchev–Trinajstić information content (AvgIpc) is 2.10. The molecule has 4 aliphatic rings. The highest BCUT2D eigenvalue weighted by Gasteiger charge is 2.66. The summed E-state index contributed by atoms with van der Waals surface area (Å²) < 4.78 is 0. The van der Waals surface area contributed by atoms with Crippen LogP contribution in [0.3, 0.4) is 0 Å². The molecule has 0 aromatic heterocycles. The smallest absolute Gasteiger partial charge is 0 e. The number of rotatable bonds is 0. The van der Waals surface area contributed by atoms with Gasteiger partial charge in [-0.25, -0.2) is 0 Å². The highest BCUT2D eigenvalue weighted by Crippen LogP contribution is 2.28. The van der Waals surface area contributed by atoms with Gasteiger partial charge in [0.1, 0.15) is 0 Å². The summed E-state index contributed by atoms with van der Waals surface area (Å²) in [7, 11) is 7.87. The first-order valence-corrected chi connectivity index (χ1v) is 20.2. The van der Waals surface area contributed by atoms with Crippen molar-refractivity contribution >= 4 is 55.1 Å². The van der Waals surface area contributed by atoms with Gasteiger partial charge in [-0.1, -0.05) is 0 Å². The van der Waals surface area contributed by atoms with E-state index in [9.17, 15) is 0 Å². The summed E-state index contributed by atoms with van der Waals surface area (Å²) in [6.45, 7) is 0. The fourth-order valence-corrected chi connectivity index (χ4v) is 251. The summed E-state index contributed by atoms with van der Waals surface area (Å²) in [6.07, 6.45) is 0. The van der Waals surface area contributed by atoms with Gasteiger partial charge in [-0.2, -0.15) is 0 Å². The zero-order valence-corrected chi connectivity index (χ0v) is 10.5. The first kappa shape index (κ1) is 4.35. The molecular weight excluding hydrogens is 197 g/mol. The Morgan fingerprint density at radius 2 is 1.14 bits per heavy atom. The molecule has 0 aromatic carbocycles. The van der Waals surface area contributed by atoms with Gasteiger partial charge in [-0.05, 0) is 0 Å². The molecular formula is Si7. The summed E-state index contributed by atoms with van der Waals surface area (Å²) in [4.78, 5) is 0. The molecule has 0 spiro atoms. The second-order valence-electron chi connectivity index (χ2n) is 1.88. The Hall–Kier alpha value is 1.52. The second-order valence-corrected chi connectivity index (χ2v) is 50.6. The number of hydrogen-bond acceptors (Lipinski definition) is 0. The first-order chi connectivity index (χ1) is 3.45. The van der Waals surface area contributed by atoms with Crippen molar-refractivity contribution in [2.75, 3.05) is 0 Å². The summed E-state index contributed by atoms with van der Waals surface area (Å²) in [5, 5.41) is 0. The van der Waals surface area contributed by atoms with Crippen LogP contribution in [0.5, 0.6) is 0 Å². The molecule has 4 heterocycles. The molecule has 0 aromatic rings. The fraction of sp³-hybridized carbons (Fsp3) is 0. The predicted octanol–water partition coefficient (Wildman–Crippen LogP) is -2.67. The minimum absolute atomic E-state index is 0.579. The molecule has 0 aliphatic carbocycles. The molecule has 0 unspecified atom stereocenters. The van der Waals surface area contributed by atoms with E-state index in [2.05, 4.69) is 0 Å². The van der Waals surface area contributed by atoms with Crippen molar-refractivity contribution in [3.05, 3.63) is 0 Å². The van der Waals surface area contributed by atoms with Gasteiger partial charge >= 0.3 is 0 Å². The van der Waals surface area contributed by atoms with Crippen LogP contribution in [0, 0.1) is 0 Å². The Morgan fingerprint density at radius 1 is 0.714 bits per heavy atom. The van der Waals surface area contributed by atoms with E-state index in [0.29, 0.717) is 29.4 Å². The topological polar surface area (TPSA) is 0 Å². The van der Waals surface area contributed by atoms with E-state index >= 15 is 0 Å². The van der Waals surface area contributed by atoms with E-state index in [1.165, 1.54) is 0 Å². The average molecular weight is 197 g/mol. The molecule has 28 valence electrons. The van der Waals surface area contributed by atoms with Crippen molar-refractivity contribution in [2.24, 2.45) is 0 Å². The monoisotopic (exact) mass is 196 g/mol. The number of hydrogen-bond donors (Lipinski definition) is 0. The molecule has 10 radical (unpaired) electrons. The van der Waals surface area contributed by atoms with Crippen molar-refractivity contribution < 1.29 is 0 Å². The van der Waals surface area contributed by atoms with Crippen LogP contribution in [-0.4, -0.2) is 55.1 Å². The lowest BCUT2D eigenvalue weighted by atomic mass is 26.2. The molecule has 0 nitrogen and oxygen atoms in total. The predicted molar refractivity (Wildman–Crippen MR) is 40.3 cm³/mol. The Kier molecular flexibility index (Phi) is 0.728. The Bertz CT molecular complexity index is 87.4. The van der Waals surface area contributed by atoms with Crippen molar-refractivity contribution in [2.45, 2.75) is 0 Å². The van der Waals surface area contributed by atoms with Crippen molar-refractivity contribution in [3.63, 3.8) is 0 Å². The highest BCUT2D eigenvalue weighted by atomic mass is 30.7. The zero-order chi connectivity index (χ0) is 4.43. The fourth-order valence-electron chi connectivity index (χ4n) is 1.03. The Morgan fingerprint density at radius 3 is 1.29 bits per heavy atom. The summed E-state index contributed by atoms with van der Waals surface area (Å²) in [5.41, 5.74) is 0. The SMILES string of the molecule is [Si]1[Si]2[Si][Si]3[Si]1[Si]3[Si]2. The van der Waals surface area contributed by atoms with Crippen LogP contribution in [0.1, 0.15) is 0 Å². The lowest BCUT2D eigenvalue weighted by Crippen LogP contribution is -2.25. The van der Waals surface area contributed by atoms with E-state index in [1.807, 2.05) is 0 Å². The van der Waals surface area contributed by atoms with Crippen molar-refractivity contribution in [1.29, 1.82) is 0 Å². The summed E-state index contributed by atoms with van der Waals surface area (Å²) in [6, 6.07) is 0. The summed E-state index contributed by atoms with van der Waals surface area (Å²) in [5.74, 6) is 0. The molecule has 4 saturated heterocycles. The van der Waals surface area contributed by atoms with Gasteiger partial charge in [0.25, 0.3) is 0 Å². The molecule has 0 amide bonds. The van der Waals surface area contributed by atoms with Gasteiger partial charge in [0.15, 0.2) is 0 Å². The van der Waals surface area contributed by atoms with Crippen LogP contribution in [0.2, 0.25) is 0 Å². The lowest BCUT2D eigenvalue weighted by Gasteiger charge is -1.87. The van der Waals surface area contributed by atoms with Crippen LogP contribution < -0.4 is 0 Å². The van der Waals surface area contributed by atoms with Crippen molar-refractivity contribution in [3.8, 4) is 0 Å². The molecule has 4 bridgehead atoms. The van der Waals surface area contributed by atoms with E-state index in [-0.39, 0.29) is 0 Å². The lowest BCUT2D eigenvalue weighted by molar-refractivity contribution is 3.89. The van der Waals surface area contributed by atoms with Gasteiger partial charge in [-0.15, -0.1) is 0 Å². The van der Waals surface area contributed by atoms with E-state index in [1.54, 1.807) is 25.7 Å². The quantitative estimate of drug-likeness (QED) is 0.371. The van der Waals surface area contributed by atoms with E-state index in [4.69, 9.17) is 0 Å². The van der Waals surface area contributed by atoms with Gasteiger partial charge in [0, 0.05) is 55.1 Å². The maximum absolute atomic E-state index is 1.72. The van der Waals surface area contributed by atoms with Gasteiger partial charge in [0.05, 0.1) is 0 Å². The van der Waals surface area contributed by atoms with Gasteiger partial charge in [-0.3, -0.25) is 0 Å². The maximum atomic E-state index is 1.72. The third-order valence-electron chi connectivity index (χ3n) is 1.44. The summed E-state index contributed by atoms with van der Waals surface area (Å²) >= 11 is 0. The van der Waals surface area contributed by atoms with Crippen LogP contribution in [0.25, 0.3) is 0 Å². The molecule has 0 saturated carbocycles. The third kappa shape index (κ3) is 0.414. The molecule has 4 fully saturated rings. The molecule has 7 heteroatoms. The normalized spacial score (nSPS) is 41.1. The maximum Gasteiger partial charge on any atom is 0 e. The molecule has 4 aliphatic heterocycles. The van der Waals surface area contributed by atoms with Gasteiger partial charge in [0.2, 0.25) is 0 Å². The standard InChI is InChI=1S/Si7/c1-4-2-6-5(1)7(6)3-4. The highest BCUT2D eigenvalue weighted by molar-refractivity contribution is 8.41. The Labute approximate surface area is 55.1 Å². The van der Waals surface area contributed by atoms with Crippen LogP contribution >= 0.6 is 0 Å².